The Hall–Kier alpha value is -4.44. The van der Waals surface area contributed by atoms with Gasteiger partial charge in [0.25, 0.3) is 5.69 Å². The topological polar surface area (TPSA) is 101 Å². The van der Waals surface area contributed by atoms with Gasteiger partial charge in [-0.3, -0.25) is 10.1 Å². The smallest absolute Gasteiger partial charge is 0.365 e. The number of thioether (sulfide) groups is 1. The Balaban J connectivity index is 1.68. The summed E-state index contributed by atoms with van der Waals surface area (Å²) in [5, 5.41) is 24.8. The molecule has 2 aliphatic heterocycles. The number of para-hydroxylation sites is 3. The van der Waals surface area contributed by atoms with Gasteiger partial charge in [-0.2, -0.15) is 10.2 Å². The molecular formula is C28H25N5O4S. The highest BCUT2D eigenvalue weighted by Gasteiger charge is 2.53. The van der Waals surface area contributed by atoms with E-state index in [0.717, 1.165) is 29.4 Å². The van der Waals surface area contributed by atoms with E-state index in [-0.39, 0.29) is 23.0 Å². The number of carbonyl (C=O) groups excluding carboxylic acids is 1. The summed E-state index contributed by atoms with van der Waals surface area (Å²) in [6.07, 6.45) is 4.66. The third kappa shape index (κ3) is 4.54. The van der Waals surface area contributed by atoms with E-state index < -0.39 is 15.9 Å². The van der Waals surface area contributed by atoms with Crippen LogP contribution in [0, 0.1) is 10.1 Å². The SMILES string of the molecule is CCOC(=O)C1=NN(c2ccccc2[N+](=O)[O-])[C@]2(C=CC(c3ccc(CC)cc3)=NN2c2ccccc2)S1. The molecule has 3 aromatic carbocycles. The lowest BCUT2D eigenvalue weighted by Crippen LogP contribution is -2.54. The Morgan fingerprint density at radius 1 is 0.974 bits per heavy atom. The fraction of sp³-hybridized carbons (Fsp3) is 0.179. The number of nitro groups is 1. The van der Waals surface area contributed by atoms with Crippen LogP contribution in [0.4, 0.5) is 17.1 Å². The van der Waals surface area contributed by atoms with Crippen LogP contribution in [0.5, 0.6) is 0 Å². The average Bonchev–Trinajstić information content (AvgIpc) is 3.33. The van der Waals surface area contributed by atoms with Crippen molar-refractivity contribution in [3.05, 3.63) is 112 Å². The van der Waals surface area contributed by atoms with Crippen LogP contribution in [-0.4, -0.2) is 33.2 Å². The predicted molar refractivity (Wildman–Crippen MR) is 150 cm³/mol. The molecule has 0 bridgehead atoms. The molecule has 1 spiro atoms. The van der Waals surface area contributed by atoms with E-state index in [4.69, 9.17) is 9.84 Å². The lowest BCUT2D eigenvalue weighted by molar-refractivity contribution is -0.384. The number of hydrazone groups is 2. The second-order valence-electron chi connectivity index (χ2n) is 8.46. The molecule has 0 saturated heterocycles. The molecule has 0 N–H and O–H groups in total. The monoisotopic (exact) mass is 527 g/mol. The third-order valence-electron chi connectivity index (χ3n) is 6.13. The first-order valence-electron chi connectivity index (χ1n) is 12.2. The van der Waals surface area contributed by atoms with Crippen molar-refractivity contribution in [2.45, 2.75) is 25.3 Å². The molecule has 0 saturated carbocycles. The molecule has 0 aromatic heterocycles. The number of benzene rings is 3. The van der Waals surface area contributed by atoms with Gasteiger partial charge in [0.2, 0.25) is 10.0 Å². The van der Waals surface area contributed by atoms with E-state index in [1.165, 1.54) is 16.6 Å². The van der Waals surface area contributed by atoms with Crippen LogP contribution in [0.15, 0.2) is 101 Å². The largest absolute Gasteiger partial charge is 0.461 e. The van der Waals surface area contributed by atoms with Crippen molar-refractivity contribution in [3.8, 4) is 0 Å². The minimum absolute atomic E-state index is 0.0709. The summed E-state index contributed by atoms with van der Waals surface area (Å²) in [6, 6.07) is 23.9. The Bertz CT molecular complexity index is 1460. The lowest BCUT2D eigenvalue weighted by Gasteiger charge is -2.43. The first kappa shape index (κ1) is 25.2. The highest BCUT2D eigenvalue weighted by atomic mass is 32.2. The van der Waals surface area contributed by atoms with Gasteiger partial charge >= 0.3 is 5.97 Å². The molecule has 192 valence electrons. The molecule has 1 atom stereocenters. The van der Waals surface area contributed by atoms with Crippen molar-refractivity contribution in [1.29, 1.82) is 0 Å². The number of nitrogens with zero attached hydrogens (tertiary/aromatic N) is 5. The van der Waals surface area contributed by atoms with E-state index in [2.05, 4.69) is 24.2 Å². The van der Waals surface area contributed by atoms with Gasteiger partial charge in [-0.25, -0.2) is 14.8 Å². The normalized spacial score (nSPS) is 18.4. The van der Waals surface area contributed by atoms with Crippen LogP contribution >= 0.6 is 11.8 Å². The van der Waals surface area contributed by atoms with Gasteiger partial charge < -0.3 is 4.74 Å². The van der Waals surface area contributed by atoms with E-state index in [1.54, 1.807) is 30.1 Å². The van der Waals surface area contributed by atoms with E-state index in [1.807, 2.05) is 54.6 Å². The fourth-order valence-corrected chi connectivity index (χ4v) is 5.40. The van der Waals surface area contributed by atoms with Crippen molar-refractivity contribution < 1.29 is 14.5 Å². The van der Waals surface area contributed by atoms with Gasteiger partial charge in [-0.05, 0) is 61.0 Å². The van der Waals surface area contributed by atoms with Gasteiger partial charge in [0.1, 0.15) is 5.69 Å². The minimum atomic E-state index is -1.25. The van der Waals surface area contributed by atoms with Crippen LogP contribution in [0.25, 0.3) is 0 Å². The fourth-order valence-electron chi connectivity index (χ4n) is 4.25. The van der Waals surface area contributed by atoms with Crippen molar-refractivity contribution in [1.82, 2.24) is 0 Å². The first-order chi connectivity index (χ1) is 18.5. The molecule has 2 aliphatic rings. The molecule has 38 heavy (non-hydrogen) atoms. The standard InChI is InChI=1S/C28H25N5O4S/c1-3-20-14-16-21(17-15-20)23-18-19-28(31(29-23)22-10-6-5-7-11-22)32(30-26(38-28)27(34)37-4-2)24-12-8-9-13-25(24)33(35)36/h5-19H,3-4H2,1-2H3/t28-/m1/s1. The summed E-state index contributed by atoms with van der Waals surface area (Å²) < 4.78 is 5.25. The van der Waals surface area contributed by atoms with Crippen molar-refractivity contribution in [2.24, 2.45) is 10.2 Å². The zero-order valence-corrected chi connectivity index (χ0v) is 21.7. The molecule has 0 fully saturated rings. The number of esters is 1. The molecule has 9 nitrogen and oxygen atoms in total. The number of ether oxygens (including phenoxy) is 1. The second kappa shape index (κ2) is 10.5. The van der Waals surface area contributed by atoms with E-state index in [0.29, 0.717) is 5.71 Å². The van der Waals surface area contributed by atoms with Crippen molar-refractivity contribution in [3.63, 3.8) is 0 Å². The molecule has 5 rings (SSSR count). The molecule has 0 amide bonds. The van der Waals surface area contributed by atoms with Crippen molar-refractivity contribution >= 4 is 45.5 Å². The van der Waals surface area contributed by atoms with E-state index >= 15 is 0 Å². The number of hydrogen-bond donors (Lipinski definition) is 0. The Kier molecular flexibility index (Phi) is 6.97. The number of allylic oxidation sites excluding steroid dienone is 1. The molecule has 0 radical (unpaired) electrons. The maximum absolute atomic E-state index is 12.8. The molecule has 0 unspecified atom stereocenters. The van der Waals surface area contributed by atoms with Gasteiger partial charge in [-0.15, -0.1) is 0 Å². The Morgan fingerprint density at radius 2 is 1.68 bits per heavy atom. The molecule has 3 aromatic rings. The quantitative estimate of drug-likeness (QED) is 0.220. The Labute approximate surface area is 224 Å². The molecule has 2 heterocycles. The lowest BCUT2D eigenvalue weighted by atomic mass is 10.0. The van der Waals surface area contributed by atoms with Crippen LogP contribution in [0.2, 0.25) is 0 Å². The number of anilines is 2. The van der Waals surface area contributed by atoms with Crippen LogP contribution in [-0.2, 0) is 16.0 Å². The second-order valence-corrected chi connectivity index (χ2v) is 9.65. The highest BCUT2D eigenvalue weighted by molar-refractivity contribution is 8.17. The zero-order valence-electron chi connectivity index (χ0n) is 20.9. The average molecular weight is 528 g/mol. The molecule has 0 aliphatic carbocycles. The van der Waals surface area contributed by atoms with Crippen molar-refractivity contribution in [2.75, 3.05) is 16.6 Å². The molecule has 10 heteroatoms. The number of nitro benzene ring substituents is 1. The maximum atomic E-state index is 12.8. The number of rotatable bonds is 7. The highest BCUT2D eigenvalue weighted by Crippen LogP contribution is 2.49. The van der Waals surface area contributed by atoms with Gasteiger partial charge in [0.15, 0.2) is 0 Å². The number of aryl methyl sites for hydroxylation is 1. The van der Waals surface area contributed by atoms with Crippen LogP contribution in [0.3, 0.4) is 0 Å². The van der Waals surface area contributed by atoms with Gasteiger partial charge in [-0.1, -0.05) is 61.5 Å². The summed E-state index contributed by atoms with van der Waals surface area (Å²) in [5.74, 6) is -0.607. The van der Waals surface area contributed by atoms with E-state index in [9.17, 15) is 14.9 Å². The number of carbonyl (C=O) groups is 1. The number of hydrogen-bond acceptors (Lipinski definition) is 9. The molecular weight excluding hydrogens is 502 g/mol. The summed E-state index contributed by atoms with van der Waals surface area (Å²) in [4.78, 5) is 23.1. The maximum Gasteiger partial charge on any atom is 0.365 e. The summed E-state index contributed by atoms with van der Waals surface area (Å²) in [7, 11) is 0. The third-order valence-corrected chi connectivity index (χ3v) is 7.35. The predicted octanol–water partition coefficient (Wildman–Crippen LogP) is 5.72. The van der Waals surface area contributed by atoms with Gasteiger partial charge in [0.05, 0.1) is 22.9 Å². The zero-order chi connectivity index (χ0) is 26.7. The van der Waals surface area contributed by atoms with Gasteiger partial charge in [0, 0.05) is 11.6 Å². The first-order valence-corrected chi connectivity index (χ1v) is 13.0. The summed E-state index contributed by atoms with van der Waals surface area (Å²) in [6.45, 7) is 3.99. The minimum Gasteiger partial charge on any atom is -0.461 e. The Morgan fingerprint density at radius 3 is 2.37 bits per heavy atom. The van der Waals surface area contributed by atoms with Crippen LogP contribution in [0.1, 0.15) is 25.0 Å². The van der Waals surface area contributed by atoms with Crippen LogP contribution < -0.4 is 10.0 Å². The summed E-state index contributed by atoms with van der Waals surface area (Å²) >= 11 is 1.12. The summed E-state index contributed by atoms with van der Waals surface area (Å²) in [5.41, 5.74) is 3.63.